The van der Waals surface area contributed by atoms with Crippen molar-refractivity contribution in [2.24, 2.45) is 5.92 Å². The van der Waals surface area contributed by atoms with Gasteiger partial charge in [-0.25, -0.2) is 4.79 Å². The molecule has 0 saturated heterocycles. The van der Waals surface area contributed by atoms with E-state index in [1.807, 2.05) is 0 Å². The Morgan fingerprint density at radius 2 is 2.26 bits per heavy atom. The summed E-state index contributed by atoms with van der Waals surface area (Å²) in [5.41, 5.74) is 3.26. The van der Waals surface area contributed by atoms with Gasteiger partial charge in [0.25, 0.3) is 0 Å². The smallest absolute Gasteiger partial charge is 0.314 e. The normalized spacial score (nSPS) is 26.4. The molecule has 0 bridgehead atoms. The third kappa shape index (κ3) is 3.51. The van der Waals surface area contributed by atoms with Crippen LogP contribution in [-0.4, -0.2) is 44.0 Å². The lowest BCUT2D eigenvalue weighted by Gasteiger charge is -2.26. The van der Waals surface area contributed by atoms with E-state index in [4.69, 9.17) is 4.74 Å². The highest BCUT2D eigenvalue weighted by atomic mass is 16.5. The lowest BCUT2D eigenvalue weighted by Crippen LogP contribution is -2.42. The molecule has 3 rings (SSSR count). The van der Waals surface area contributed by atoms with Crippen LogP contribution in [0.3, 0.4) is 0 Å². The number of carbonyl (C=O) groups is 1. The van der Waals surface area contributed by atoms with Crippen LogP contribution >= 0.6 is 0 Å². The second kappa shape index (κ2) is 6.89. The van der Waals surface area contributed by atoms with Crippen molar-refractivity contribution in [2.45, 2.75) is 37.2 Å². The summed E-state index contributed by atoms with van der Waals surface area (Å²) in [6, 6.07) is 8.52. The molecular weight excluding hydrogens is 292 g/mol. The molecule has 5 nitrogen and oxygen atoms in total. The Hall–Kier alpha value is -1.59. The van der Waals surface area contributed by atoms with Crippen molar-refractivity contribution in [1.29, 1.82) is 0 Å². The molecule has 23 heavy (non-hydrogen) atoms. The monoisotopic (exact) mass is 318 g/mol. The highest BCUT2D eigenvalue weighted by molar-refractivity contribution is 5.73. The molecule has 0 aliphatic heterocycles. The molecule has 5 heteroatoms. The van der Waals surface area contributed by atoms with E-state index in [-0.39, 0.29) is 24.6 Å². The molecule has 0 aromatic heterocycles. The Morgan fingerprint density at radius 1 is 1.43 bits per heavy atom. The maximum atomic E-state index is 11.8. The number of methoxy groups -OCH3 is 1. The Kier molecular flexibility index (Phi) is 4.87. The van der Waals surface area contributed by atoms with Gasteiger partial charge in [0.1, 0.15) is 0 Å². The second-order valence-corrected chi connectivity index (χ2v) is 6.77. The summed E-state index contributed by atoms with van der Waals surface area (Å²) in [6.07, 6.45) is 4.14. The number of rotatable bonds is 6. The van der Waals surface area contributed by atoms with Crippen LogP contribution in [0.1, 0.15) is 30.4 Å². The number of benzene rings is 1. The maximum absolute atomic E-state index is 11.8. The first-order valence-corrected chi connectivity index (χ1v) is 8.43. The zero-order valence-corrected chi connectivity index (χ0v) is 13.7. The van der Waals surface area contributed by atoms with Crippen LogP contribution in [0.2, 0.25) is 0 Å². The number of carbonyl (C=O) groups excluding carboxylic acids is 1. The number of aliphatic hydroxyl groups excluding tert-OH is 1. The molecule has 0 heterocycles. The summed E-state index contributed by atoms with van der Waals surface area (Å²) in [5, 5.41) is 15.2. The molecule has 2 amide bonds. The highest BCUT2D eigenvalue weighted by Gasteiger charge is 2.56. The molecule has 1 fully saturated rings. The molecule has 3 N–H and O–H groups in total. The third-order valence-electron chi connectivity index (χ3n) is 5.22. The van der Waals surface area contributed by atoms with Crippen molar-refractivity contribution in [1.82, 2.24) is 10.6 Å². The van der Waals surface area contributed by atoms with Crippen LogP contribution in [0.4, 0.5) is 4.79 Å². The van der Waals surface area contributed by atoms with Gasteiger partial charge in [-0.15, -0.1) is 0 Å². The number of fused-ring (bicyclic) bond motifs is 2. The van der Waals surface area contributed by atoms with Crippen molar-refractivity contribution < 1.29 is 14.6 Å². The van der Waals surface area contributed by atoms with Crippen LogP contribution < -0.4 is 10.6 Å². The number of ether oxygens (including phenoxy) is 1. The fraction of sp³-hybridized carbons (Fsp3) is 0.611. The minimum atomic E-state index is -0.664. The average molecular weight is 318 g/mol. The summed E-state index contributed by atoms with van der Waals surface area (Å²) < 4.78 is 4.83. The lowest BCUT2D eigenvalue weighted by atomic mass is 9.78. The van der Waals surface area contributed by atoms with Gasteiger partial charge in [-0.1, -0.05) is 24.3 Å². The molecule has 0 radical (unpaired) electrons. The quantitative estimate of drug-likeness (QED) is 0.746. The Bertz CT molecular complexity index is 563. The number of aryl methyl sites for hydroxylation is 1. The predicted octanol–water partition coefficient (Wildman–Crippen LogP) is 1.59. The van der Waals surface area contributed by atoms with Crippen LogP contribution in [0.25, 0.3) is 0 Å². The van der Waals surface area contributed by atoms with Crippen LogP contribution in [0.15, 0.2) is 24.3 Å². The molecular formula is C18H26N2O3. The fourth-order valence-corrected chi connectivity index (χ4v) is 3.98. The molecule has 2 aliphatic rings. The van der Waals surface area contributed by atoms with E-state index in [1.165, 1.54) is 37.5 Å². The molecule has 1 aromatic rings. The van der Waals surface area contributed by atoms with Crippen molar-refractivity contribution in [2.75, 3.05) is 26.8 Å². The minimum Gasteiger partial charge on any atom is -0.389 e. The number of hydrogen-bond donors (Lipinski definition) is 3. The largest absolute Gasteiger partial charge is 0.389 e. The van der Waals surface area contributed by atoms with E-state index in [1.54, 1.807) is 0 Å². The zero-order valence-electron chi connectivity index (χ0n) is 13.7. The molecule has 1 aromatic carbocycles. The molecule has 3 unspecified atom stereocenters. The first kappa shape index (κ1) is 16.3. The lowest BCUT2D eigenvalue weighted by molar-refractivity contribution is 0.0660. The van der Waals surface area contributed by atoms with Gasteiger partial charge in [0.15, 0.2) is 0 Å². The van der Waals surface area contributed by atoms with Gasteiger partial charge in [-0.3, -0.25) is 0 Å². The topological polar surface area (TPSA) is 70.6 Å². The molecule has 1 saturated carbocycles. The van der Waals surface area contributed by atoms with Gasteiger partial charge in [0.05, 0.1) is 12.7 Å². The second-order valence-electron chi connectivity index (χ2n) is 6.77. The number of nitrogens with one attached hydrogen (secondary N) is 2. The van der Waals surface area contributed by atoms with E-state index in [2.05, 4.69) is 34.9 Å². The molecule has 3 atom stereocenters. The first-order valence-electron chi connectivity index (χ1n) is 8.43. The van der Waals surface area contributed by atoms with Gasteiger partial charge < -0.3 is 20.5 Å². The van der Waals surface area contributed by atoms with E-state index < -0.39 is 6.10 Å². The van der Waals surface area contributed by atoms with Gasteiger partial charge in [0, 0.05) is 25.6 Å². The van der Waals surface area contributed by atoms with E-state index in [9.17, 15) is 9.90 Å². The summed E-state index contributed by atoms with van der Waals surface area (Å²) >= 11 is 0. The van der Waals surface area contributed by atoms with E-state index in [0.717, 1.165) is 6.42 Å². The van der Waals surface area contributed by atoms with Gasteiger partial charge >= 0.3 is 6.03 Å². The third-order valence-corrected chi connectivity index (χ3v) is 5.22. The fourth-order valence-electron chi connectivity index (χ4n) is 3.98. The zero-order chi connectivity index (χ0) is 16.3. The minimum absolute atomic E-state index is 0.207. The van der Waals surface area contributed by atoms with Gasteiger partial charge in [0.2, 0.25) is 0 Å². The molecule has 2 aliphatic carbocycles. The molecule has 126 valence electrons. The van der Waals surface area contributed by atoms with E-state index in [0.29, 0.717) is 12.5 Å². The maximum Gasteiger partial charge on any atom is 0.314 e. The predicted molar refractivity (Wildman–Crippen MR) is 88.4 cm³/mol. The first-order chi connectivity index (χ1) is 11.2. The van der Waals surface area contributed by atoms with Crippen molar-refractivity contribution in [3.05, 3.63) is 35.4 Å². The Balaban J connectivity index is 1.48. The Morgan fingerprint density at radius 3 is 3.09 bits per heavy atom. The number of hydrogen-bond acceptors (Lipinski definition) is 3. The number of aliphatic hydroxyl groups is 1. The summed E-state index contributed by atoms with van der Waals surface area (Å²) in [4.78, 5) is 11.8. The number of urea groups is 1. The van der Waals surface area contributed by atoms with Crippen LogP contribution in [0, 0.1) is 5.92 Å². The number of amides is 2. The Labute approximate surface area is 137 Å². The van der Waals surface area contributed by atoms with Crippen molar-refractivity contribution in [3.8, 4) is 0 Å². The summed E-state index contributed by atoms with van der Waals surface area (Å²) in [7, 11) is 1.53. The van der Waals surface area contributed by atoms with Crippen molar-refractivity contribution in [3.63, 3.8) is 0 Å². The van der Waals surface area contributed by atoms with Crippen LogP contribution in [0.5, 0.6) is 0 Å². The van der Waals surface area contributed by atoms with Crippen LogP contribution in [-0.2, 0) is 16.6 Å². The summed E-state index contributed by atoms with van der Waals surface area (Å²) in [5.74, 6) is 0.526. The van der Waals surface area contributed by atoms with E-state index >= 15 is 0 Å². The summed E-state index contributed by atoms with van der Waals surface area (Å²) in [6.45, 7) is 1.13. The van der Waals surface area contributed by atoms with Gasteiger partial charge in [-0.2, -0.15) is 0 Å². The average Bonchev–Trinajstić information content (AvgIpc) is 3.25. The van der Waals surface area contributed by atoms with Crippen molar-refractivity contribution >= 4 is 6.03 Å². The molecule has 1 spiro atoms. The highest BCUT2D eigenvalue weighted by Crippen LogP contribution is 2.59. The SMILES string of the molecule is COCC(O)CNC(=O)NCC1CC12CCCc1ccccc12. The standard InChI is InChI=1S/C18H26N2O3/c1-23-12-15(21)11-20-17(22)19-10-14-9-18(14)8-4-6-13-5-2-3-7-16(13)18/h2-3,5,7,14-15,21H,4,6,8-12H2,1H3,(H2,19,20,22). The van der Waals surface area contributed by atoms with Gasteiger partial charge in [-0.05, 0) is 42.7 Å².